The Morgan fingerprint density at radius 1 is 1.30 bits per heavy atom. The van der Waals surface area contributed by atoms with E-state index in [4.69, 9.17) is 4.42 Å². The monoisotopic (exact) mass is 275 g/mol. The van der Waals surface area contributed by atoms with Gasteiger partial charge >= 0.3 is 5.76 Å². The van der Waals surface area contributed by atoms with Gasteiger partial charge in [0.15, 0.2) is 5.58 Å². The Hall–Kier alpha value is -2.08. The summed E-state index contributed by atoms with van der Waals surface area (Å²) in [4.78, 5) is 25.3. The molecule has 1 amide bonds. The molecule has 0 saturated carbocycles. The van der Waals surface area contributed by atoms with Crippen LogP contribution in [0.25, 0.3) is 11.1 Å². The molecule has 1 aromatic carbocycles. The van der Waals surface area contributed by atoms with Gasteiger partial charge in [-0.05, 0) is 26.0 Å². The van der Waals surface area contributed by atoms with E-state index in [1.807, 2.05) is 19.9 Å². The molecule has 2 aromatic rings. The number of carbonyl (C=O) groups excluding carboxylic acids is 1. The van der Waals surface area contributed by atoms with Crippen LogP contribution in [0.5, 0.6) is 0 Å². The van der Waals surface area contributed by atoms with E-state index in [-0.39, 0.29) is 11.4 Å². The zero-order valence-electron chi connectivity index (χ0n) is 11.8. The average molecular weight is 275 g/mol. The summed E-state index contributed by atoms with van der Waals surface area (Å²) in [5.41, 5.74) is 1.84. The van der Waals surface area contributed by atoms with E-state index in [1.165, 1.54) is 4.57 Å². The summed E-state index contributed by atoms with van der Waals surface area (Å²) in [5, 5.41) is 3.19. The SMILES string of the molecule is Cn1c(=O)oc2cc(N3CC(C)(C)NCC3=O)ccc21. The van der Waals surface area contributed by atoms with Crippen LogP contribution in [0.1, 0.15) is 13.8 Å². The number of anilines is 1. The highest BCUT2D eigenvalue weighted by molar-refractivity contribution is 5.97. The number of nitrogens with one attached hydrogen (secondary N) is 1. The number of hydrogen-bond donors (Lipinski definition) is 1. The molecular weight excluding hydrogens is 258 g/mol. The van der Waals surface area contributed by atoms with Gasteiger partial charge in [-0.25, -0.2) is 4.79 Å². The standard InChI is InChI=1S/C14H17N3O3/c1-14(2)8-17(12(18)7-15-14)9-4-5-10-11(6-9)20-13(19)16(10)3/h4-6,15H,7-8H2,1-3H3. The molecule has 0 radical (unpaired) electrons. The highest BCUT2D eigenvalue weighted by Gasteiger charge is 2.31. The molecule has 1 saturated heterocycles. The first-order valence-electron chi connectivity index (χ1n) is 6.52. The first-order chi connectivity index (χ1) is 9.37. The molecule has 6 heteroatoms. The van der Waals surface area contributed by atoms with E-state index in [1.54, 1.807) is 24.1 Å². The van der Waals surface area contributed by atoms with Crippen LogP contribution in [0.3, 0.4) is 0 Å². The molecule has 1 aliphatic heterocycles. The van der Waals surface area contributed by atoms with Crippen molar-refractivity contribution in [3.63, 3.8) is 0 Å². The lowest BCUT2D eigenvalue weighted by Gasteiger charge is -2.38. The summed E-state index contributed by atoms with van der Waals surface area (Å²) in [6.45, 7) is 4.99. The summed E-state index contributed by atoms with van der Waals surface area (Å²) in [5.74, 6) is -0.383. The Bertz CT molecular complexity index is 742. The van der Waals surface area contributed by atoms with Crippen LogP contribution in [0.4, 0.5) is 5.69 Å². The summed E-state index contributed by atoms with van der Waals surface area (Å²) < 4.78 is 6.62. The van der Waals surface area contributed by atoms with Gasteiger partial charge in [-0.1, -0.05) is 0 Å². The number of benzene rings is 1. The molecule has 0 unspecified atom stereocenters. The maximum absolute atomic E-state index is 12.1. The number of rotatable bonds is 1. The third-order valence-corrected chi connectivity index (χ3v) is 3.66. The fourth-order valence-electron chi connectivity index (χ4n) is 2.48. The van der Waals surface area contributed by atoms with E-state index in [9.17, 15) is 9.59 Å². The van der Waals surface area contributed by atoms with Gasteiger partial charge in [0.05, 0.1) is 12.1 Å². The second-order valence-corrected chi connectivity index (χ2v) is 5.80. The van der Waals surface area contributed by atoms with Gasteiger partial charge in [-0.3, -0.25) is 9.36 Å². The minimum absolute atomic E-state index is 0.0157. The molecule has 3 rings (SSSR count). The molecule has 1 fully saturated rings. The molecule has 0 atom stereocenters. The summed E-state index contributed by atoms with van der Waals surface area (Å²) in [7, 11) is 1.66. The predicted octanol–water partition coefficient (Wildman–Crippen LogP) is 0.846. The second kappa shape index (κ2) is 4.21. The van der Waals surface area contributed by atoms with Crippen molar-refractivity contribution in [1.82, 2.24) is 9.88 Å². The van der Waals surface area contributed by atoms with Gasteiger partial charge in [-0.15, -0.1) is 0 Å². The van der Waals surface area contributed by atoms with Gasteiger partial charge in [0.25, 0.3) is 0 Å². The van der Waals surface area contributed by atoms with Gasteiger partial charge < -0.3 is 14.6 Å². The van der Waals surface area contributed by atoms with Crippen LogP contribution in [0.15, 0.2) is 27.4 Å². The van der Waals surface area contributed by atoms with Crippen molar-refractivity contribution < 1.29 is 9.21 Å². The number of aromatic nitrogens is 1. The zero-order valence-corrected chi connectivity index (χ0v) is 11.8. The van der Waals surface area contributed by atoms with E-state index in [0.717, 1.165) is 11.2 Å². The average Bonchev–Trinajstić information content (AvgIpc) is 2.68. The van der Waals surface area contributed by atoms with Crippen LogP contribution < -0.4 is 16.0 Å². The zero-order chi connectivity index (χ0) is 14.5. The van der Waals surface area contributed by atoms with Crippen LogP contribution in [-0.2, 0) is 11.8 Å². The molecule has 6 nitrogen and oxygen atoms in total. The number of amides is 1. The van der Waals surface area contributed by atoms with Crippen LogP contribution >= 0.6 is 0 Å². The third-order valence-electron chi connectivity index (χ3n) is 3.66. The lowest BCUT2D eigenvalue weighted by Crippen LogP contribution is -2.59. The van der Waals surface area contributed by atoms with Crippen LogP contribution in [0.2, 0.25) is 0 Å². The summed E-state index contributed by atoms with van der Waals surface area (Å²) >= 11 is 0. The van der Waals surface area contributed by atoms with Crippen LogP contribution in [-0.4, -0.2) is 29.1 Å². The number of aryl methyl sites for hydroxylation is 1. The molecule has 0 spiro atoms. The van der Waals surface area contributed by atoms with Crippen molar-refractivity contribution >= 4 is 22.7 Å². The number of hydrogen-bond acceptors (Lipinski definition) is 4. The minimum Gasteiger partial charge on any atom is -0.408 e. The van der Waals surface area contributed by atoms with E-state index in [2.05, 4.69) is 5.32 Å². The lowest BCUT2D eigenvalue weighted by atomic mass is 10.0. The molecule has 1 aliphatic rings. The molecule has 0 aliphatic carbocycles. The quantitative estimate of drug-likeness (QED) is 0.837. The molecule has 1 N–H and O–H groups in total. The Morgan fingerprint density at radius 3 is 2.80 bits per heavy atom. The van der Waals surface area contributed by atoms with E-state index in [0.29, 0.717) is 18.7 Å². The molecule has 20 heavy (non-hydrogen) atoms. The van der Waals surface area contributed by atoms with Crippen molar-refractivity contribution in [2.75, 3.05) is 18.0 Å². The Labute approximate surface area is 116 Å². The summed E-state index contributed by atoms with van der Waals surface area (Å²) in [6.07, 6.45) is 0. The highest BCUT2D eigenvalue weighted by atomic mass is 16.4. The van der Waals surface area contributed by atoms with Crippen molar-refractivity contribution in [2.24, 2.45) is 7.05 Å². The highest BCUT2D eigenvalue weighted by Crippen LogP contribution is 2.24. The lowest BCUT2D eigenvalue weighted by molar-refractivity contribution is -0.119. The maximum Gasteiger partial charge on any atom is 0.419 e. The molecule has 1 aromatic heterocycles. The summed E-state index contributed by atoms with van der Waals surface area (Å²) in [6, 6.07) is 5.39. The topological polar surface area (TPSA) is 67.5 Å². The normalized spacial score (nSPS) is 18.8. The molecular formula is C14H17N3O3. The maximum atomic E-state index is 12.1. The number of carbonyl (C=O) groups is 1. The van der Waals surface area contributed by atoms with E-state index >= 15 is 0 Å². The first kappa shape index (κ1) is 12.9. The Balaban J connectivity index is 2.05. The predicted molar refractivity (Wildman–Crippen MR) is 75.9 cm³/mol. The molecule has 2 heterocycles. The number of fused-ring (bicyclic) bond motifs is 1. The largest absolute Gasteiger partial charge is 0.419 e. The third kappa shape index (κ3) is 2.02. The molecule has 0 bridgehead atoms. The Morgan fingerprint density at radius 2 is 2.05 bits per heavy atom. The second-order valence-electron chi connectivity index (χ2n) is 5.80. The number of piperazine rings is 1. The fraction of sp³-hybridized carbons (Fsp3) is 0.429. The van der Waals surface area contributed by atoms with Crippen molar-refractivity contribution in [2.45, 2.75) is 19.4 Å². The van der Waals surface area contributed by atoms with Gasteiger partial charge in [-0.2, -0.15) is 0 Å². The van der Waals surface area contributed by atoms with Crippen LogP contribution in [0, 0.1) is 0 Å². The number of nitrogens with zero attached hydrogens (tertiary/aromatic N) is 2. The van der Waals surface area contributed by atoms with Gasteiger partial charge in [0.1, 0.15) is 0 Å². The molecule has 106 valence electrons. The van der Waals surface area contributed by atoms with E-state index < -0.39 is 5.76 Å². The van der Waals surface area contributed by atoms with Crippen molar-refractivity contribution in [3.8, 4) is 0 Å². The first-order valence-corrected chi connectivity index (χ1v) is 6.52. The van der Waals surface area contributed by atoms with Crippen molar-refractivity contribution in [3.05, 3.63) is 28.7 Å². The number of oxazole rings is 1. The minimum atomic E-state index is -0.399. The van der Waals surface area contributed by atoms with Gasteiger partial charge in [0, 0.05) is 30.9 Å². The van der Waals surface area contributed by atoms with Crippen molar-refractivity contribution in [1.29, 1.82) is 0 Å². The van der Waals surface area contributed by atoms with Gasteiger partial charge in [0.2, 0.25) is 5.91 Å². The smallest absolute Gasteiger partial charge is 0.408 e. The Kier molecular flexibility index (Phi) is 2.72. The fourth-order valence-corrected chi connectivity index (χ4v) is 2.48.